The SMILES string of the molecule is CCOC(=O)CCC[C@@H](C)[C@H]1CC[C@H]2[C@@H]3C=CC4=CC(=O)C=C[C@]4(C)[C@H]3CC[C@]12C. The molecule has 2 fully saturated rings. The van der Waals surface area contributed by atoms with Crippen molar-refractivity contribution in [3.8, 4) is 0 Å². The molecular weight excluding hydrogens is 372 g/mol. The predicted molar refractivity (Wildman–Crippen MR) is 120 cm³/mol. The number of hydrogen-bond acceptors (Lipinski definition) is 3. The van der Waals surface area contributed by atoms with Crippen LogP contribution in [0.5, 0.6) is 0 Å². The van der Waals surface area contributed by atoms with Crippen molar-refractivity contribution in [2.75, 3.05) is 6.61 Å². The minimum Gasteiger partial charge on any atom is -0.466 e. The zero-order valence-electron chi connectivity index (χ0n) is 19.2. The molecule has 0 saturated heterocycles. The largest absolute Gasteiger partial charge is 0.466 e. The lowest BCUT2D eigenvalue weighted by Crippen LogP contribution is -2.48. The molecule has 0 aromatic heterocycles. The fourth-order valence-corrected chi connectivity index (χ4v) is 7.63. The maximum atomic E-state index is 11.9. The zero-order chi connectivity index (χ0) is 21.5. The Morgan fingerprint density at radius 1 is 1.20 bits per heavy atom. The lowest BCUT2D eigenvalue weighted by molar-refractivity contribution is -0.143. The van der Waals surface area contributed by atoms with Crippen molar-refractivity contribution in [1.82, 2.24) is 0 Å². The van der Waals surface area contributed by atoms with Gasteiger partial charge >= 0.3 is 5.97 Å². The van der Waals surface area contributed by atoms with E-state index in [1.807, 2.05) is 13.0 Å². The topological polar surface area (TPSA) is 43.4 Å². The molecule has 0 N–H and O–H groups in total. The van der Waals surface area contributed by atoms with Crippen LogP contribution in [0, 0.1) is 40.4 Å². The summed E-state index contributed by atoms with van der Waals surface area (Å²) in [5.41, 5.74) is 1.61. The molecule has 0 radical (unpaired) electrons. The van der Waals surface area contributed by atoms with Gasteiger partial charge in [-0.2, -0.15) is 0 Å². The predicted octanol–water partition coefficient (Wildman–Crippen LogP) is 6.06. The van der Waals surface area contributed by atoms with Crippen molar-refractivity contribution < 1.29 is 14.3 Å². The molecule has 3 nitrogen and oxygen atoms in total. The van der Waals surface area contributed by atoms with Gasteiger partial charge in [0.15, 0.2) is 5.78 Å². The first-order chi connectivity index (χ1) is 14.3. The van der Waals surface area contributed by atoms with Gasteiger partial charge in [0.05, 0.1) is 6.61 Å². The first-order valence-corrected chi connectivity index (χ1v) is 12.1. The molecule has 4 rings (SSSR count). The third-order valence-corrected chi connectivity index (χ3v) is 9.22. The molecule has 0 aromatic carbocycles. The first-order valence-electron chi connectivity index (χ1n) is 12.1. The van der Waals surface area contributed by atoms with Gasteiger partial charge < -0.3 is 4.74 Å². The van der Waals surface area contributed by atoms with E-state index < -0.39 is 0 Å². The molecule has 0 unspecified atom stereocenters. The van der Waals surface area contributed by atoms with E-state index in [1.165, 1.54) is 31.3 Å². The molecule has 3 heteroatoms. The smallest absolute Gasteiger partial charge is 0.305 e. The molecular formula is C27H38O3. The number of ether oxygens (including phenoxy) is 1. The Morgan fingerprint density at radius 3 is 2.77 bits per heavy atom. The average Bonchev–Trinajstić information content (AvgIpc) is 3.06. The molecule has 0 heterocycles. The van der Waals surface area contributed by atoms with Gasteiger partial charge in [0.2, 0.25) is 0 Å². The number of ketones is 1. The first kappa shape index (κ1) is 21.6. The van der Waals surface area contributed by atoms with Crippen LogP contribution in [0.15, 0.2) is 36.0 Å². The van der Waals surface area contributed by atoms with E-state index >= 15 is 0 Å². The van der Waals surface area contributed by atoms with Crippen molar-refractivity contribution >= 4 is 11.8 Å². The number of rotatable bonds is 6. The van der Waals surface area contributed by atoms with Gasteiger partial charge in [-0.25, -0.2) is 0 Å². The highest BCUT2D eigenvalue weighted by Crippen LogP contribution is 2.65. The van der Waals surface area contributed by atoms with Crippen LogP contribution in [-0.4, -0.2) is 18.4 Å². The summed E-state index contributed by atoms with van der Waals surface area (Å²) in [7, 11) is 0. The Kier molecular flexibility index (Phi) is 5.85. The van der Waals surface area contributed by atoms with Crippen LogP contribution in [0.1, 0.15) is 72.6 Å². The van der Waals surface area contributed by atoms with Crippen LogP contribution in [-0.2, 0) is 14.3 Å². The maximum Gasteiger partial charge on any atom is 0.305 e. The summed E-state index contributed by atoms with van der Waals surface area (Å²) in [5.74, 6) is 3.42. The highest BCUT2D eigenvalue weighted by Gasteiger charge is 2.58. The Hall–Kier alpha value is -1.64. The standard InChI is InChI=1S/C27H38O3/c1-5-30-25(29)8-6-7-18(2)22-11-12-23-21-10-9-19-17-20(28)13-15-26(19,3)24(21)14-16-27(22,23)4/h9-10,13,15,17-18,21-24H,5-8,11-12,14,16H2,1-4H3/t18-,21+,22-,23+,24+,26+,27-/m1/s1. The van der Waals surface area contributed by atoms with Crippen LogP contribution >= 0.6 is 0 Å². The number of carbonyl (C=O) groups excluding carboxylic acids is 2. The van der Waals surface area contributed by atoms with Crippen molar-refractivity contribution in [3.63, 3.8) is 0 Å². The summed E-state index contributed by atoms with van der Waals surface area (Å²) in [6.07, 6.45) is 18.3. The number of esters is 1. The van der Waals surface area contributed by atoms with Crippen LogP contribution in [0.2, 0.25) is 0 Å². The second-order valence-electron chi connectivity index (χ2n) is 10.7. The molecule has 0 aliphatic heterocycles. The van der Waals surface area contributed by atoms with Gasteiger partial charge in [-0.05, 0) is 98.2 Å². The van der Waals surface area contributed by atoms with Crippen molar-refractivity contribution in [1.29, 1.82) is 0 Å². The van der Waals surface area contributed by atoms with Crippen molar-refractivity contribution in [2.45, 2.75) is 72.6 Å². The molecule has 2 saturated carbocycles. The van der Waals surface area contributed by atoms with Crippen molar-refractivity contribution in [2.24, 2.45) is 40.4 Å². The van der Waals surface area contributed by atoms with E-state index in [4.69, 9.17) is 4.74 Å². The second-order valence-corrected chi connectivity index (χ2v) is 10.7. The highest BCUT2D eigenvalue weighted by atomic mass is 16.5. The van der Waals surface area contributed by atoms with Crippen molar-refractivity contribution in [3.05, 3.63) is 36.0 Å². The Bertz CT molecular complexity index is 790. The molecule has 0 amide bonds. The normalized spacial score (nSPS) is 40.3. The van der Waals surface area contributed by atoms with E-state index in [9.17, 15) is 9.59 Å². The maximum absolute atomic E-state index is 11.9. The second kappa shape index (κ2) is 8.13. The highest BCUT2D eigenvalue weighted by molar-refractivity contribution is 6.01. The minimum atomic E-state index is -0.0517. The number of hydrogen-bond donors (Lipinski definition) is 0. The quantitative estimate of drug-likeness (QED) is 0.500. The monoisotopic (exact) mass is 410 g/mol. The third kappa shape index (κ3) is 3.52. The van der Waals surface area contributed by atoms with E-state index in [0.29, 0.717) is 36.2 Å². The lowest BCUT2D eigenvalue weighted by Gasteiger charge is -2.55. The van der Waals surface area contributed by atoms with Crippen LogP contribution in [0.25, 0.3) is 0 Å². The fourth-order valence-electron chi connectivity index (χ4n) is 7.63. The fraction of sp³-hybridized carbons (Fsp3) is 0.704. The van der Waals surface area contributed by atoms with Gasteiger partial charge in [-0.1, -0.05) is 39.0 Å². The van der Waals surface area contributed by atoms with Gasteiger partial charge in [-0.3, -0.25) is 9.59 Å². The Balaban J connectivity index is 1.47. The molecule has 0 bridgehead atoms. The summed E-state index contributed by atoms with van der Waals surface area (Å²) in [5, 5.41) is 0. The zero-order valence-corrected chi connectivity index (χ0v) is 19.2. The van der Waals surface area contributed by atoms with E-state index in [0.717, 1.165) is 24.7 Å². The van der Waals surface area contributed by atoms with Crippen LogP contribution < -0.4 is 0 Å². The summed E-state index contributed by atoms with van der Waals surface area (Å²) < 4.78 is 5.10. The van der Waals surface area contributed by atoms with E-state index in [-0.39, 0.29) is 17.2 Å². The lowest BCUT2D eigenvalue weighted by atomic mass is 9.49. The van der Waals surface area contributed by atoms with Crippen LogP contribution in [0.3, 0.4) is 0 Å². The summed E-state index contributed by atoms with van der Waals surface area (Å²) >= 11 is 0. The Morgan fingerprint density at radius 2 is 2.00 bits per heavy atom. The van der Waals surface area contributed by atoms with E-state index in [1.54, 1.807) is 6.08 Å². The third-order valence-electron chi connectivity index (χ3n) is 9.22. The summed E-state index contributed by atoms with van der Waals surface area (Å²) in [4.78, 5) is 23.6. The molecule has 0 spiro atoms. The molecule has 4 aliphatic carbocycles. The molecule has 164 valence electrons. The molecule has 4 aliphatic rings. The number of allylic oxidation sites excluding steroid dienone is 6. The van der Waals surface area contributed by atoms with Gasteiger partial charge in [0.25, 0.3) is 0 Å². The number of fused-ring (bicyclic) bond motifs is 5. The average molecular weight is 411 g/mol. The molecule has 7 atom stereocenters. The van der Waals surface area contributed by atoms with Gasteiger partial charge in [0, 0.05) is 11.8 Å². The van der Waals surface area contributed by atoms with Gasteiger partial charge in [0.1, 0.15) is 0 Å². The minimum absolute atomic E-state index is 0.0119. The Labute approximate surface area is 182 Å². The summed E-state index contributed by atoms with van der Waals surface area (Å²) in [6.45, 7) is 9.65. The number of carbonyl (C=O) groups is 2. The molecule has 30 heavy (non-hydrogen) atoms. The van der Waals surface area contributed by atoms with Crippen LogP contribution in [0.4, 0.5) is 0 Å². The van der Waals surface area contributed by atoms with Gasteiger partial charge in [-0.15, -0.1) is 0 Å². The molecule has 0 aromatic rings. The van der Waals surface area contributed by atoms with E-state index in [2.05, 4.69) is 39.0 Å². The summed E-state index contributed by atoms with van der Waals surface area (Å²) in [6, 6.07) is 0.